The van der Waals surface area contributed by atoms with E-state index >= 15 is 0 Å². The van der Waals surface area contributed by atoms with Crippen molar-refractivity contribution in [1.29, 1.82) is 0 Å². The van der Waals surface area contributed by atoms with Crippen LogP contribution in [0.2, 0.25) is 10.0 Å². The molecule has 1 atom stereocenters. The SMILES string of the molecule is Cc1nc(CN2CCO[C@H](c3ccc(Cl)c(Cl)c3)C2)cs1. The highest BCUT2D eigenvalue weighted by Crippen LogP contribution is 2.29. The van der Waals surface area contributed by atoms with Crippen LogP contribution in [-0.4, -0.2) is 29.6 Å². The molecule has 0 bridgehead atoms. The number of aromatic nitrogens is 1. The van der Waals surface area contributed by atoms with Crippen LogP contribution in [0.25, 0.3) is 0 Å². The maximum Gasteiger partial charge on any atom is 0.0953 e. The Morgan fingerprint density at radius 3 is 2.95 bits per heavy atom. The summed E-state index contributed by atoms with van der Waals surface area (Å²) in [4.78, 5) is 6.89. The van der Waals surface area contributed by atoms with Crippen molar-refractivity contribution in [3.63, 3.8) is 0 Å². The van der Waals surface area contributed by atoms with Gasteiger partial charge in [-0.3, -0.25) is 4.90 Å². The van der Waals surface area contributed by atoms with Crippen molar-refractivity contribution in [3.8, 4) is 0 Å². The van der Waals surface area contributed by atoms with E-state index in [2.05, 4.69) is 15.3 Å². The van der Waals surface area contributed by atoms with Gasteiger partial charge in [0, 0.05) is 25.0 Å². The molecule has 0 unspecified atom stereocenters. The van der Waals surface area contributed by atoms with E-state index in [1.165, 1.54) is 0 Å². The zero-order valence-corrected chi connectivity index (χ0v) is 14.0. The average Bonchev–Trinajstić information content (AvgIpc) is 2.87. The predicted molar refractivity (Wildman–Crippen MR) is 87.3 cm³/mol. The van der Waals surface area contributed by atoms with E-state index < -0.39 is 0 Å². The number of ether oxygens (including phenoxy) is 1. The van der Waals surface area contributed by atoms with Crippen LogP contribution in [0.1, 0.15) is 22.4 Å². The Balaban J connectivity index is 1.68. The molecule has 2 aromatic rings. The Morgan fingerprint density at radius 2 is 2.24 bits per heavy atom. The van der Waals surface area contributed by atoms with Crippen molar-refractivity contribution in [3.05, 3.63) is 49.9 Å². The van der Waals surface area contributed by atoms with Crippen molar-refractivity contribution in [2.75, 3.05) is 19.7 Å². The van der Waals surface area contributed by atoms with E-state index in [0.717, 1.165) is 35.9 Å². The molecule has 2 heterocycles. The molecule has 1 fully saturated rings. The highest BCUT2D eigenvalue weighted by Gasteiger charge is 2.23. The molecule has 0 radical (unpaired) electrons. The van der Waals surface area contributed by atoms with Crippen molar-refractivity contribution in [2.45, 2.75) is 19.6 Å². The van der Waals surface area contributed by atoms with Gasteiger partial charge in [0.2, 0.25) is 0 Å². The number of rotatable bonds is 3. The molecule has 6 heteroatoms. The van der Waals surface area contributed by atoms with Gasteiger partial charge in [-0.2, -0.15) is 0 Å². The minimum absolute atomic E-state index is 0.0354. The molecule has 3 rings (SSSR count). The first-order valence-corrected chi connectivity index (χ1v) is 8.45. The number of hydrogen-bond acceptors (Lipinski definition) is 4. The van der Waals surface area contributed by atoms with E-state index in [9.17, 15) is 0 Å². The summed E-state index contributed by atoms with van der Waals surface area (Å²) in [5, 5.41) is 4.38. The van der Waals surface area contributed by atoms with Crippen molar-refractivity contribution in [1.82, 2.24) is 9.88 Å². The lowest BCUT2D eigenvalue weighted by Gasteiger charge is -2.32. The summed E-state index contributed by atoms with van der Waals surface area (Å²) in [5.74, 6) is 0. The summed E-state index contributed by atoms with van der Waals surface area (Å²) in [7, 11) is 0. The molecular formula is C15H16Cl2N2OS. The molecule has 0 amide bonds. The molecule has 112 valence electrons. The Kier molecular flexibility index (Phi) is 4.82. The number of hydrogen-bond donors (Lipinski definition) is 0. The molecule has 0 spiro atoms. The normalized spacial score (nSPS) is 19.9. The fourth-order valence-corrected chi connectivity index (χ4v) is 3.38. The summed E-state index contributed by atoms with van der Waals surface area (Å²) in [5.41, 5.74) is 2.20. The number of aryl methyl sites for hydroxylation is 1. The molecule has 0 saturated carbocycles. The molecule has 3 nitrogen and oxygen atoms in total. The van der Waals surface area contributed by atoms with E-state index in [4.69, 9.17) is 27.9 Å². The lowest BCUT2D eigenvalue weighted by atomic mass is 10.1. The lowest BCUT2D eigenvalue weighted by Crippen LogP contribution is -2.37. The lowest BCUT2D eigenvalue weighted by molar-refractivity contribution is -0.0332. The summed E-state index contributed by atoms with van der Waals surface area (Å²) >= 11 is 13.8. The molecule has 1 aromatic carbocycles. The third kappa shape index (κ3) is 3.76. The van der Waals surface area contributed by atoms with Crippen molar-refractivity contribution >= 4 is 34.5 Å². The third-order valence-corrected chi connectivity index (χ3v) is 5.08. The van der Waals surface area contributed by atoms with Crippen LogP contribution < -0.4 is 0 Å². The van der Waals surface area contributed by atoms with Gasteiger partial charge in [0.25, 0.3) is 0 Å². The van der Waals surface area contributed by atoms with Crippen LogP contribution in [-0.2, 0) is 11.3 Å². The molecule has 1 saturated heterocycles. The van der Waals surface area contributed by atoms with E-state index in [1.54, 1.807) is 11.3 Å². The second-order valence-electron chi connectivity index (χ2n) is 5.13. The number of morpholine rings is 1. The van der Waals surface area contributed by atoms with Gasteiger partial charge < -0.3 is 4.74 Å². The second-order valence-corrected chi connectivity index (χ2v) is 7.00. The van der Waals surface area contributed by atoms with Gasteiger partial charge in [0.1, 0.15) is 0 Å². The van der Waals surface area contributed by atoms with Crippen LogP contribution in [0.15, 0.2) is 23.6 Å². The fourth-order valence-electron chi connectivity index (χ4n) is 2.47. The van der Waals surface area contributed by atoms with E-state index in [1.807, 2.05) is 25.1 Å². The van der Waals surface area contributed by atoms with Crippen molar-refractivity contribution in [2.24, 2.45) is 0 Å². The molecule has 0 aliphatic carbocycles. The molecular weight excluding hydrogens is 327 g/mol. The van der Waals surface area contributed by atoms with Gasteiger partial charge in [-0.15, -0.1) is 11.3 Å². The Morgan fingerprint density at radius 1 is 1.38 bits per heavy atom. The summed E-state index contributed by atoms with van der Waals surface area (Å²) < 4.78 is 5.87. The molecule has 1 aliphatic heterocycles. The summed E-state index contributed by atoms with van der Waals surface area (Å²) in [6, 6.07) is 5.70. The maximum absolute atomic E-state index is 6.09. The molecule has 0 N–H and O–H groups in total. The first-order chi connectivity index (χ1) is 10.1. The predicted octanol–water partition coefficient (Wildman–Crippen LogP) is 4.33. The molecule has 21 heavy (non-hydrogen) atoms. The standard InChI is InChI=1S/C15H16Cl2N2OS/c1-10-18-12(9-21-10)7-19-4-5-20-15(8-19)11-2-3-13(16)14(17)6-11/h2-3,6,9,15H,4-5,7-8H2,1H3/t15-/m0/s1. The fraction of sp³-hybridized carbons (Fsp3) is 0.400. The van der Waals surface area contributed by atoms with E-state index in [0.29, 0.717) is 16.7 Å². The molecule has 1 aliphatic rings. The van der Waals surface area contributed by atoms with E-state index in [-0.39, 0.29) is 6.10 Å². The minimum atomic E-state index is 0.0354. The summed E-state index contributed by atoms with van der Waals surface area (Å²) in [6.45, 7) is 5.38. The third-order valence-electron chi connectivity index (χ3n) is 3.52. The van der Waals surface area contributed by atoms with Crippen LogP contribution in [0.5, 0.6) is 0 Å². The smallest absolute Gasteiger partial charge is 0.0953 e. The Bertz CT molecular complexity index is 632. The largest absolute Gasteiger partial charge is 0.371 e. The van der Waals surface area contributed by atoms with Crippen LogP contribution in [0.3, 0.4) is 0 Å². The number of thiazole rings is 1. The van der Waals surface area contributed by atoms with Crippen LogP contribution in [0, 0.1) is 6.92 Å². The quantitative estimate of drug-likeness (QED) is 0.829. The highest BCUT2D eigenvalue weighted by molar-refractivity contribution is 7.09. The van der Waals surface area contributed by atoms with Gasteiger partial charge in [0.05, 0.1) is 33.5 Å². The van der Waals surface area contributed by atoms with Crippen molar-refractivity contribution < 1.29 is 4.74 Å². The number of nitrogens with zero attached hydrogens (tertiary/aromatic N) is 2. The van der Waals surface area contributed by atoms with Gasteiger partial charge in [0.15, 0.2) is 0 Å². The summed E-state index contributed by atoms with van der Waals surface area (Å²) in [6.07, 6.45) is 0.0354. The van der Waals surface area contributed by atoms with Crippen LogP contribution in [0.4, 0.5) is 0 Å². The average molecular weight is 343 g/mol. The zero-order chi connectivity index (χ0) is 14.8. The van der Waals surface area contributed by atoms with Gasteiger partial charge >= 0.3 is 0 Å². The minimum Gasteiger partial charge on any atom is -0.371 e. The molecule has 1 aromatic heterocycles. The first kappa shape index (κ1) is 15.3. The second kappa shape index (κ2) is 6.63. The van der Waals surface area contributed by atoms with Crippen LogP contribution >= 0.6 is 34.5 Å². The van der Waals surface area contributed by atoms with Gasteiger partial charge in [-0.05, 0) is 24.6 Å². The number of halogens is 2. The van der Waals surface area contributed by atoms with Gasteiger partial charge in [-0.1, -0.05) is 29.3 Å². The highest BCUT2D eigenvalue weighted by atomic mass is 35.5. The topological polar surface area (TPSA) is 25.4 Å². The zero-order valence-electron chi connectivity index (χ0n) is 11.7. The number of benzene rings is 1. The maximum atomic E-state index is 6.09. The first-order valence-electron chi connectivity index (χ1n) is 6.82. The van der Waals surface area contributed by atoms with Gasteiger partial charge in [-0.25, -0.2) is 4.98 Å². The monoisotopic (exact) mass is 342 g/mol. The Labute approximate surface area is 138 Å². The Hall–Kier alpha value is -0.650.